The molecule has 1 heterocycles. The molecule has 1 aromatic rings. The lowest BCUT2D eigenvalue weighted by Gasteiger charge is -2.06. The van der Waals surface area contributed by atoms with Crippen molar-refractivity contribution >= 4 is 21.6 Å². The quantitative estimate of drug-likeness (QED) is 0.546. The standard InChI is InChI=1S/C10H18ClN3O2S/c11-5-1-2-10-17(15,16)13-7-4-9-14-8-3-6-12-14/h3,6,8,13H,1-2,4-5,7,9-10H2. The Kier molecular flexibility index (Phi) is 6.54. The highest BCUT2D eigenvalue weighted by atomic mass is 35.5. The molecular weight excluding hydrogens is 262 g/mol. The zero-order valence-electron chi connectivity index (χ0n) is 9.68. The highest BCUT2D eigenvalue weighted by molar-refractivity contribution is 7.89. The second-order valence-corrected chi connectivity index (χ2v) is 6.04. The summed E-state index contributed by atoms with van der Waals surface area (Å²) < 4.78 is 27.3. The molecule has 0 atom stereocenters. The molecule has 0 saturated heterocycles. The smallest absolute Gasteiger partial charge is 0.211 e. The van der Waals surface area contributed by atoms with E-state index in [-0.39, 0.29) is 5.75 Å². The maximum absolute atomic E-state index is 11.5. The molecule has 7 heteroatoms. The van der Waals surface area contributed by atoms with E-state index >= 15 is 0 Å². The molecule has 0 aliphatic heterocycles. The molecule has 17 heavy (non-hydrogen) atoms. The van der Waals surface area contributed by atoms with E-state index in [9.17, 15) is 8.42 Å². The minimum absolute atomic E-state index is 0.154. The topological polar surface area (TPSA) is 64.0 Å². The second-order valence-electron chi connectivity index (χ2n) is 3.73. The first-order valence-electron chi connectivity index (χ1n) is 5.65. The van der Waals surface area contributed by atoms with Crippen LogP contribution in [0.5, 0.6) is 0 Å². The Morgan fingerprint density at radius 2 is 2.12 bits per heavy atom. The van der Waals surface area contributed by atoms with Crippen molar-refractivity contribution in [3.8, 4) is 0 Å². The number of hydrogen-bond donors (Lipinski definition) is 1. The van der Waals surface area contributed by atoms with Crippen LogP contribution >= 0.6 is 11.6 Å². The van der Waals surface area contributed by atoms with E-state index < -0.39 is 10.0 Å². The predicted molar refractivity (Wildman–Crippen MR) is 68.6 cm³/mol. The van der Waals surface area contributed by atoms with Crippen molar-refractivity contribution in [3.63, 3.8) is 0 Å². The fourth-order valence-electron chi connectivity index (χ4n) is 1.36. The monoisotopic (exact) mass is 279 g/mol. The maximum Gasteiger partial charge on any atom is 0.211 e. The Balaban J connectivity index is 2.12. The van der Waals surface area contributed by atoms with Crippen LogP contribution in [0.15, 0.2) is 18.5 Å². The lowest BCUT2D eigenvalue weighted by Crippen LogP contribution is -2.28. The molecule has 0 spiro atoms. The number of sulfonamides is 1. The van der Waals surface area contributed by atoms with Gasteiger partial charge >= 0.3 is 0 Å². The Labute approximate surface area is 107 Å². The highest BCUT2D eigenvalue weighted by Crippen LogP contribution is 1.97. The van der Waals surface area contributed by atoms with Gasteiger partial charge in [0.2, 0.25) is 10.0 Å². The van der Waals surface area contributed by atoms with Crippen LogP contribution in [0.25, 0.3) is 0 Å². The molecule has 1 rings (SSSR count). The normalized spacial score (nSPS) is 11.8. The number of nitrogens with one attached hydrogen (secondary N) is 1. The number of nitrogens with zero attached hydrogens (tertiary/aromatic N) is 2. The van der Waals surface area contributed by atoms with Gasteiger partial charge in [0.15, 0.2) is 0 Å². The summed E-state index contributed by atoms with van der Waals surface area (Å²) in [7, 11) is -3.13. The molecular formula is C10H18ClN3O2S. The minimum atomic E-state index is -3.13. The van der Waals surface area contributed by atoms with Gasteiger partial charge in [0.1, 0.15) is 0 Å². The first-order valence-corrected chi connectivity index (χ1v) is 7.83. The molecule has 0 amide bonds. The van der Waals surface area contributed by atoms with Crippen LogP contribution in [0.4, 0.5) is 0 Å². The molecule has 0 aromatic carbocycles. The van der Waals surface area contributed by atoms with Gasteiger partial charge in [0.25, 0.3) is 0 Å². The number of hydrogen-bond acceptors (Lipinski definition) is 3. The van der Waals surface area contributed by atoms with Gasteiger partial charge in [0.05, 0.1) is 5.75 Å². The Bertz CT molecular complexity index is 392. The van der Waals surface area contributed by atoms with Gasteiger partial charge in [-0.15, -0.1) is 11.6 Å². The summed E-state index contributed by atoms with van der Waals surface area (Å²) >= 11 is 5.49. The molecule has 0 aliphatic rings. The molecule has 0 aliphatic carbocycles. The summed E-state index contributed by atoms with van der Waals surface area (Å²) in [5.41, 5.74) is 0. The van der Waals surface area contributed by atoms with E-state index in [0.29, 0.717) is 18.8 Å². The lowest BCUT2D eigenvalue weighted by molar-refractivity contribution is 0.551. The largest absolute Gasteiger partial charge is 0.273 e. The Morgan fingerprint density at radius 3 is 2.76 bits per heavy atom. The summed E-state index contributed by atoms with van der Waals surface area (Å²) in [4.78, 5) is 0. The summed E-state index contributed by atoms with van der Waals surface area (Å²) in [6, 6.07) is 1.84. The van der Waals surface area contributed by atoms with E-state index in [0.717, 1.165) is 19.4 Å². The molecule has 1 N–H and O–H groups in total. The molecule has 0 unspecified atom stereocenters. The van der Waals surface area contributed by atoms with Crippen molar-refractivity contribution in [1.29, 1.82) is 0 Å². The van der Waals surface area contributed by atoms with Crippen molar-refractivity contribution in [2.75, 3.05) is 18.2 Å². The van der Waals surface area contributed by atoms with Gasteiger partial charge < -0.3 is 0 Å². The summed E-state index contributed by atoms with van der Waals surface area (Å²) in [5, 5.41) is 4.04. The predicted octanol–water partition coefficient (Wildman–Crippen LogP) is 1.21. The van der Waals surface area contributed by atoms with Gasteiger partial charge in [-0.1, -0.05) is 0 Å². The molecule has 98 valence electrons. The van der Waals surface area contributed by atoms with Crippen LogP contribution in [0.2, 0.25) is 0 Å². The van der Waals surface area contributed by atoms with Crippen molar-refractivity contribution in [2.45, 2.75) is 25.8 Å². The second kappa shape index (κ2) is 7.68. The minimum Gasteiger partial charge on any atom is -0.273 e. The van der Waals surface area contributed by atoms with E-state index in [2.05, 4.69) is 9.82 Å². The zero-order valence-corrected chi connectivity index (χ0v) is 11.3. The third-order valence-electron chi connectivity index (χ3n) is 2.24. The van der Waals surface area contributed by atoms with E-state index in [1.165, 1.54) is 0 Å². The third kappa shape index (κ3) is 6.65. The van der Waals surface area contributed by atoms with Crippen LogP contribution in [-0.2, 0) is 16.6 Å². The summed E-state index contributed by atoms with van der Waals surface area (Å²) in [6.45, 7) is 1.17. The van der Waals surface area contributed by atoms with Crippen LogP contribution in [-0.4, -0.2) is 36.4 Å². The fraction of sp³-hybridized carbons (Fsp3) is 0.700. The van der Waals surface area contributed by atoms with Gasteiger partial charge in [-0.2, -0.15) is 5.10 Å². The number of unbranched alkanes of at least 4 members (excludes halogenated alkanes) is 1. The van der Waals surface area contributed by atoms with Crippen LogP contribution < -0.4 is 4.72 Å². The van der Waals surface area contributed by atoms with E-state index in [1.54, 1.807) is 10.9 Å². The molecule has 1 aromatic heterocycles. The Morgan fingerprint density at radius 1 is 1.29 bits per heavy atom. The number of rotatable bonds is 9. The van der Waals surface area contributed by atoms with Crippen LogP contribution in [0, 0.1) is 0 Å². The molecule has 0 saturated carbocycles. The van der Waals surface area contributed by atoms with Crippen molar-refractivity contribution in [3.05, 3.63) is 18.5 Å². The van der Waals surface area contributed by atoms with Gasteiger partial charge in [-0.25, -0.2) is 13.1 Å². The Hall–Kier alpha value is -0.590. The van der Waals surface area contributed by atoms with Crippen LogP contribution in [0.3, 0.4) is 0 Å². The number of halogens is 1. The molecule has 0 bridgehead atoms. The maximum atomic E-state index is 11.5. The molecule has 0 fully saturated rings. The number of aryl methyl sites for hydroxylation is 1. The van der Waals surface area contributed by atoms with Crippen LogP contribution in [0.1, 0.15) is 19.3 Å². The lowest BCUT2D eigenvalue weighted by atomic mass is 10.4. The van der Waals surface area contributed by atoms with E-state index in [1.807, 2.05) is 12.3 Å². The third-order valence-corrected chi connectivity index (χ3v) is 3.98. The average Bonchev–Trinajstić information content (AvgIpc) is 2.77. The van der Waals surface area contributed by atoms with Gasteiger partial charge in [-0.3, -0.25) is 4.68 Å². The first kappa shape index (κ1) is 14.5. The molecule has 5 nitrogen and oxygen atoms in total. The summed E-state index contributed by atoms with van der Waals surface area (Å²) in [6.07, 6.45) is 5.63. The SMILES string of the molecule is O=S(=O)(CCCCCl)NCCCn1cccn1. The average molecular weight is 280 g/mol. The number of aromatic nitrogens is 2. The summed E-state index contributed by atoms with van der Waals surface area (Å²) in [5.74, 6) is 0.663. The fourth-order valence-corrected chi connectivity index (χ4v) is 2.73. The van der Waals surface area contributed by atoms with E-state index in [4.69, 9.17) is 11.6 Å². The number of alkyl halides is 1. The van der Waals surface area contributed by atoms with Crippen molar-refractivity contribution in [2.24, 2.45) is 0 Å². The first-order chi connectivity index (χ1) is 8.14. The van der Waals surface area contributed by atoms with Gasteiger partial charge in [0, 0.05) is 31.4 Å². The highest BCUT2D eigenvalue weighted by Gasteiger charge is 2.08. The van der Waals surface area contributed by atoms with Gasteiger partial charge in [-0.05, 0) is 25.3 Å². The van der Waals surface area contributed by atoms with Crippen molar-refractivity contribution in [1.82, 2.24) is 14.5 Å². The zero-order chi connectivity index (χ0) is 12.6. The van der Waals surface area contributed by atoms with Crippen molar-refractivity contribution < 1.29 is 8.42 Å². The molecule has 0 radical (unpaired) electrons.